The number of carbonyl (C=O) groups is 2. The summed E-state index contributed by atoms with van der Waals surface area (Å²) >= 11 is 0. The van der Waals surface area contributed by atoms with E-state index in [1.807, 2.05) is 11.9 Å². The molecule has 1 N–H and O–H groups in total. The van der Waals surface area contributed by atoms with Gasteiger partial charge in [-0.15, -0.1) is 0 Å². The Morgan fingerprint density at radius 2 is 1.86 bits per heavy atom. The Kier molecular flexibility index (Phi) is 6.89. The van der Waals surface area contributed by atoms with Gasteiger partial charge in [0.05, 0.1) is 23.9 Å². The number of hydrogen-bond donors (Lipinski definition) is 1. The normalized spacial score (nSPS) is 16.7. The first-order valence-electron chi connectivity index (χ1n) is 8.76. The lowest BCUT2D eigenvalue weighted by atomic mass is 10.1. The molecule has 0 spiro atoms. The number of hydrogen-bond acceptors (Lipinski definition) is 5. The maximum atomic E-state index is 13.2. The molecule has 1 aromatic carbocycles. The molecule has 1 aromatic rings. The van der Waals surface area contributed by atoms with E-state index in [0.717, 1.165) is 13.1 Å². The average Bonchev–Trinajstić information content (AvgIpc) is 2.61. The Morgan fingerprint density at radius 1 is 1.25 bits per heavy atom. The van der Waals surface area contributed by atoms with Crippen LogP contribution in [0, 0.1) is 0 Å². The van der Waals surface area contributed by atoms with E-state index in [4.69, 9.17) is 4.74 Å². The van der Waals surface area contributed by atoms with Gasteiger partial charge in [0.1, 0.15) is 0 Å². The second-order valence-electron chi connectivity index (χ2n) is 6.77. The van der Waals surface area contributed by atoms with Crippen LogP contribution in [0.15, 0.2) is 18.2 Å². The third kappa shape index (κ3) is 4.93. The molecule has 1 unspecified atom stereocenters. The second-order valence-corrected chi connectivity index (χ2v) is 6.77. The number of amides is 1. The predicted octanol–water partition coefficient (Wildman–Crippen LogP) is 2.07. The number of alkyl halides is 3. The fourth-order valence-corrected chi connectivity index (χ4v) is 3.16. The molecule has 1 aliphatic rings. The summed E-state index contributed by atoms with van der Waals surface area (Å²) in [4.78, 5) is 28.3. The van der Waals surface area contributed by atoms with Crippen LogP contribution in [0.2, 0.25) is 0 Å². The van der Waals surface area contributed by atoms with E-state index >= 15 is 0 Å². The van der Waals surface area contributed by atoms with Crippen molar-refractivity contribution in [2.24, 2.45) is 0 Å². The van der Waals surface area contributed by atoms with Crippen molar-refractivity contribution in [3.05, 3.63) is 23.8 Å². The van der Waals surface area contributed by atoms with Gasteiger partial charge in [0.25, 0.3) is 0 Å². The average molecular weight is 403 g/mol. The Labute approximate surface area is 161 Å². The largest absolute Gasteiger partial charge is 0.478 e. The Bertz CT molecular complexity index is 719. The lowest BCUT2D eigenvalue weighted by Gasteiger charge is -2.35. The van der Waals surface area contributed by atoms with Gasteiger partial charge < -0.3 is 19.6 Å². The first-order valence-corrected chi connectivity index (χ1v) is 8.76. The predicted molar refractivity (Wildman–Crippen MR) is 98.0 cm³/mol. The molecule has 0 bridgehead atoms. The quantitative estimate of drug-likeness (QED) is 0.784. The molecule has 1 heterocycles. The van der Waals surface area contributed by atoms with E-state index in [0.29, 0.717) is 23.7 Å². The van der Waals surface area contributed by atoms with Crippen molar-refractivity contribution >= 4 is 23.3 Å². The first-order chi connectivity index (χ1) is 13.1. The molecule has 1 atom stereocenters. The number of aromatic carboxylic acids is 1. The smallest absolute Gasteiger partial charge is 0.471 e. The molecule has 1 aliphatic heterocycles. The van der Waals surface area contributed by atoms with Crippen molar-refractivity contribution in [3.8, 4) is 0 Å². The highest BCUT2D eigenvalue weighted by molar-refractivity contribution is 6.04. The molecule has 1 fully saturated rings. The molecule has 2 rings (SSSR count). The number of likely N-dealkylation sites (N-methyl/N-ethyl adjacent to an activating group) is 1. The van der Waals surface area contributed by atoms with Gasteiger partial charge in [-0.25, -0.2) is 4.79 Å². The summed E-state index contributed by atoms with van der Waals surface area (Å²) in [6.45, 7) is 4.01. The number of nitrogens with zero attached hydrogens (tertiary/aromatic N) is 3. The van der Waals surface area contributed by atoms with Crippen LogP contribution < -0.4 is 9.80 Å². The highest BCUT2D eigenvalue weighted by Crippen LogP contribution is 2.32. The zero-order valence-corrected chi connectivity index (χ0v) is 16.0. The van der Waals surface area contributed by atoms with Gasteiger partial charge in [0.2, 0.25) is 0 Å². The Morgan fingerprint density at radius 3 is 2.36 bits per heavy atom. The number of carboxylic acid groups (broad SMARTS) is 1. The Hall–Kier alpha value is -2.33. The minimum atomic E-state index is -5.15. The minimum Gasteiger partial charge on any atom is -0.478 e. The van der Waals surface area contributed by atoms with Crippen molar-refractivity contribution in [1.82, 2.24) is 4.90 Å². The molecular formula is C18H24F3N3O4. The van der Waals surface area contributed by atoms with Gasteiger partial charge in [-0.2, -0.15) is 13.2 Å². The monoisotopic (exact) mass is 403 g/mol. The molecular weight excluding hydrogens is 379 g/mol. The van der Waals surface area contributed by atoms with Crippen molar-refractivity contribution < 1.29 is 32.6 Å². The molecule has 7 nitrogen and oxygen atoms in total. The number of anilines is 2. The van der Waals surface area contributed by atoms with Gasteiger partial charge in [0.15, 0.2) is 0 Å². The van der Waals surface area contributed by atoms with Crippen LogP contribution in [0.5, 0.6) is 0 Å². The lowest BCUT2D eigenvalue weighted by molar-refractivity contribution is -0.171. The maximum absolute atomic E-state index is 13.2. The third-order valence-electron chi connectivity index (χ3n) is 4.65. The molecule has 0 radical (unpaired) electrons. The van der Waals surface area contributed by atoms with E-state index < -0.39 is 24.1 Å². The zero-order valence-electron chi connectivity index (χ0n) is 16.0. The van der Waals surface area contributed by atoms with E-state index in [1.54, 1.807) is 6.07 Å². The van der Waals surface area contributed by atoms with Crippen LogP contribution >= 0.6 is 0 Å². The van der Waals surface area contributed by atoms with Gasteiger partial charge in [-0.3, -0.25) is 9.69 Å². The molecule has 156 valence electrons. The molecule has 1 amide bonds. The van der Waals surface area contributed by atoms with Crippen LogP contribution in [0.25, 0.3) is 0 Å². The molecule has 1 saturated heterocycles. The summed E-state index contributed by atoms with van der Waals surface area (Å²) < 4.78 is 44.6. The van der Waals surface area contributed by atoms with Crippen LogP contribution in [-0.4, -0.2) is 81.0 Å². The third-order valence-corrected chi connectivity index (χ3v) is 4.65. The van der Waals surface area contributed by atoms with Crippen molar-refractivity contribution in [2.45, 2.75) is 19.1 Å². The van der Waals surface area contributed by atoms with Crippen LogP contribution in [0.3, 0.4) is 0 Å². The summed E-state index contributed by atoms with van der Waals surface area (Å²) in [7, 11) is 3.26. The van der Waals surface area contributed by atoms with E-state index in [2.05, 4.69) is 4.90 Å². The minimum absolute atomic E-state index is 0.181. The summed E-state index contributed by atoms with van der Waals surface area (Å²) in [5.41, 5.74) is -0.105. The van der Waals surface area contributed by atoms with E-state index in [-0.39, 0.29) is 17.9 Å². The van der Waals surface area contributed by atoms with Gasteiger partial charge >= 0.3 is 18.1 Å². The fourth-order valence-electron chi connectivity index (χ4n) is 3.16. The molecule has 10 heteroatoms. The van der Waals surface area contributed by atoms with Crippen molar-refractivity contribution in [3.63, 3.8) is 0 Å². The molecule has 0 aliphatic carbocycles. The summed E-state index contributed by atoms with van der Waals surface area (Å²) in [5.74, 6) is -3.54. The number of methoxy groups -OCH3 is 1. The summed E-state index contributed by atoms with van der Waals surface area (Å²) in [6, 6.07) is 3.11. The number of halogens is 3. The van der Waals surface area contributed by atoms with Gasteiger partial charge in [-0.1, -0.05) is 0 Å². The number of rotatable bonds is 6. The Balaban J connectivity index is 2.53. The fraction of sp³-hybridized carbons (Fsp3) is 0.556. The second kappa shape index (κ2) is 8.78. The zero-order chi connectivity index (χ0) is 21.1. The topological polar surface area (TPSA) is 73.3 Å². The van der Waals surface area contributed by atoms with Crippen molar-refractivity contribution in [2.75, 3.05) is 56.7 Å². The number of carbonyl (C=O) groups excluding carboxylic acids is 1. The van der Waals surface area contributed by atoms with Gasteiger partial charge in [0, 0.05) is 39.0 Å². The SMILES string of the molecule is COCC(C)N(C(=O)C(F)(F)F)c1cc(N2CCN(C)CC2)ccc1C(=O)O. The summed E-state index contributed by atoms with van der Waals surface area (Å²) in [6.07, 6.45) is -5.15. The molecule has 0 saturated carbocycles. The summed E-state index contributed by atoms with van der Waals surface area (Å²) in [5, 5.41) is 9.48. The standard InChI is InChI=1S/C18H24F3N3O4/c1-12(11-28-3)24(17(27)18(19,20)21)15-10-13(4-5-14(15)16(25)26)23-8-6-22(2)7-9-23/h4-5,10,12H,6-9,11H2,1-3H3,(H,25,26). The van der Waals surface area contributed by atoms with Gasteiger partial charge in [-0.05, 0) is 32.2 Å². The molecule has 0 aromatic heterocycles. The lowest BCUT2D eigenvalue weighted by Crippen LogP contribution is -2.49. The van der Waals surface area contributed by atoms with Crippen LogP contribution in [0.4, 0.5) is 24.5 Å². The number of ether oxygens (including phenoxy) is 1. The highest BCUT2D eigenvalue weighted by atomic mass is 19.4. The number of carboxylic acids is 1. The van der Waals surface area contributed by atoms with Crippen LogP contribution in [-0.2, 0) is 9.53 Å². The van der Waals surface area contributed by atoms with Crippen molar-refractivity contribution in [1.29, 1.82) is 0 Å². The first kappa shape index (κ1) is 22.0. The van der Waals surface area contributed by atoms with E-state index in [9.17, 15) is 27.9 Å². The maximum Gasteiger partial charge on any atom is 0.471 e. The highest BCUT2D eigenvalue weighted by Gasteiger charge is 2.45. The van der Waals surface area contributed by atoms with Crippen LogP contribution in [0.1, 0.15) is 17.3 Å². The number of benzene rings is 1. The number of piperazine rings is 1. The van der Waals surface area contributed by atoms with E-state index in [1.165, 1.54) is 26.2 Å². The molecule has 28 heavy (non-hydrogen) atoms.